The van der Waals surface area contributed by atoms with Gasteiger partial charge in [0.15, 0.2) is 0 Å². The highest BCUT2D eigenvalue weighted by atomic mass is 16.5. The Labute approximate surface area is 184 Å². The average Bonchev–Trinajstić information content (AvgIpc) is 3.20. The number of allylic oxidation sites excluding steroid dienone is 1. The van der Waals surface area contributed by atoms with Crippen LogP contribution in [0.1, 0.15) is 48.3 Å². The van der Waals surface area contributed by atoms with E-state index in [-0.39, 0.29) is 6.01 Å². The molecule has 4 rings (SSSR count). The number of likely N-dealkylation sites (N-methyl/N-ethyl adjacent to an activating group) is 1. The van der Waals surface area contributed by atoms with E-state index in [2.05, 4.69) is 45.9 Å². The zero-order chi connectivity index (χ0) is 21.8. The van der Waals surface area contributed by atoms with Gasteiger partial charge in [-0.2, -0.15) is 9.97 Å². The predicted molar refractivity (Wildman–Crippen MR) is 123 cm³/mol. The second-order valence-electron chi connectivity index (χ2n) is 8.51. The summed E-state index contributed by atoms with van der Waals surface area (Å²) in [5.74, 6) is 0.428. The van der Waals surface area contributed by atoms with Crippen molar-refractivity contribution in [2.24, 2.45) is 0 Å². The van der Waals surface area contributed by atoms with E-state index in [0.29, 0.717) is 24.5 Å². The quantitative estimate of drug-likeness (QED) is 0.631. The van der Waals surface area contributed by atoms with Gasteiger partial charge < -0.3 is 20.5 Å². The fourth-order valence-corrected chi connectivity index (χ4v) is 4.09. The van der Waals surface area contributed by atoms with Crippen molar-refractivity contribution < 1.29 is 9.84 Å². The van der Waals surface area contributed by atoms with Crippen LogP contribution in [0.15, 0.2) is 30.3 Å². The molecule has 1 aliphatic heterocycles. The van der Waals surface area contributed by atoms with Crippen LogP contribution in [0.2, 0.25) is 0 Å². The molecule has 7 heteroatoms. The number of unbranched alkanes of at least 4 members (excludes halogenated alkanes) is 1. The van der Waals surface area contributed by atoms with Gasteiger partial charge >= 0.3 is 6.01 Å². The number of ether oxygens (including phenoxy) is 1. The number of rotatable bonds is 8. The molecule has 2 aliphatic rings. The van der Waals surface area contributed by atoms with Crippen molar-refractivity contribution in [2.75, 3.05) is 45.6 Å². The summed E-state index contributed by atoms with van der Waals surface area (Å²) < 4.78 is 5.66. The second kappa shape index (κ2) is 9.77. The molecule has 3 N–H and O–H groups in total. The zero-order valence-electron chi connectivity index (χ0n) is 18.5. The fourth-order valence-electron chi connectivity index (χ4n) is 4.09. The number of aliphatic hydroxyl groups excluding tert-OH is 1. The molecule has 1 aliphatic carbocycles. The summed E-state index contributed by atoms with van der Waals surface area (Å²) in [5.41, 5.74) is 10.6. The van der Waals surface area contributed by atoms with Crippen LogP contribution in [-0.4, -0.2) is 64.7 Å². The Morgan fingerprint density at radius 2 is 1.87 bits per heavy atom. The molecule has 1 atom stereocenters. The van der Waals surface area contributed by atoms with Crippen molar-refractivity contribution in [2.45, 2.75) is 38.8 Å². The summed E-state index contributed by atoms with van der Waals surface area (Å²) in [5, 5.41) is 11.1. The molecule has 0 radical (unpaired) electrons. The maximum atomic E-state index is 11.1. The van der Waals surface area contributed by atoms with E-state index in [9.17, 15) is 5.11 Å². The highest BCUT2D eigenvalue weighted by Crippen LogP contribution is 2.38. The Hall–Kier alpha value is -2.48. The Balaban J connectivity index is 1.45. The second-order valence-corrected chi connectivity index (χ2v) is 8.51. The molecule has 1 aromatic carbocycles. The molecular weight excluding hydrogens is 390 g/mol. The zero-order valence-corrected chi connectivity index (χ0v) is 18.5. The van der Waals surface area contributed by atoms with Gasteiger partial charge in [-0.1, -0.05) is 43.7 Å². The minimum Gasteiger partial charge on any atom is -0.463 e. The lowest BCUT2D eigenvalue weighted by atomic mass is 9.99. The number of nitrogens with two attached hydrogens (primary N) is 1. The molecule has 31 heavy (non-hydrogen) atoms. The maximum Gasteiger partial charge on any atom is 0.318 e. The molecule has 7 nitrogen and oxygen atoms in total. The smallest absolute Gasteiger partial charge is 0.318 e. The van der Waals surface area contributed by atoms with Crippen molar-refractivity contribution in [3.05, 3.63) is 52.7 Å². The summed E-state index contributed by atoms with van der Waals surface area (Å²) in [4.78, 5) is 13.7. The first-order valence-electron chi connectivity index (χ1n) is 11.2. The van der Waals surface area contributed by atoms with E-state index < -0.39 is 6.10 Å². The van der Waals surface area contributed by atoms with Gasteiger partial charge in [-0.15, -0.1) is 0 Å². The van der Waals surface area contributed by atoms with E-state index in [1.165, 1.54) is 5.56 Å². The van der Waals surface area contributed by atoms with Gasteiger partial charge in [-0.25, -0.2) is 0 Å². The van der Waals surface area contributed by atoms with Crippen molar-refractivity contribution >= 4 is 11.4 Å². The Morgan fingerprint density at radius 3 is 2.58 bits per heavy atom. The van der Waals surface area contributed by atoms with Crippen molar-refractivity contribution in [3.63, 3.8) is 0 Å². The molecule has 1 saturated heterocycles. The number of nitrogens with zero attached hydrogens (tertiary/aromatic N) is 4. The first-order chi connectivity index (χ1) is 15.0. The van der Waals surface area contributed by atoms with Crippen LogP contribution < -0.4 is 10.5 Å². The minimum absolute atomic E-state index is 0.284. The number of aliphatic hydroxyl groups is 1. The Bertz CT molecular complexity index is 920. The van der Waals surface area contributed by atoms with E-state index in [1.807, 2.05) is 18.2 Å². The number of piperazine rings is 1. The lowest BCUT2D eigenvalue weighted by Crippen LogP contribution is -2.43. The number of anilines is 1. The minimum atomic E-state index is -0.753. The predicted octanol–water partition coefficient (Wildman–Crippen LogP) is 2.66. The lowest BCUT2D eigenvalue weighted by molar-refractivity contribution is 0.148. The van der Waals surface area contributed by atoms with Crippen molar-refractivity contribution in [1.29, 1.82) is 0 Å². The van der Waals surface area contributed by atoms with Gasteiger partial charge in [0.25, 0.3) is 0 Å². The number of fused-ring (bicyclic) bond motifs is 1. The van der Waals surface area contributed by atoms with Crippen molar-refractivity contribution in [1.82, 2.24) is 19.8 Å². The number of aromatic nitrogens is 2. The lowest BCUT2D eigenvalue weighted by Gasteiger charge is -2.32. The third-order valence-corrected chi connectivity index (χ3v) is 6.14. The van der Waals surface area contributed by atoms with Crippen LogP contribution in [0.3, 0.4) is 0 Å². The third kappa shape index (κ3) is 5.06. The number of hydrogen-bond acceptors (Lipinski definition) is 7. The summed E-state index contributed by atoms with van der Waals surface area (Å²) in [6, 6.07) is 8.53. The van der Waals surface area contributed by atoms with Crippen LogP contribution in [-0.2, 0) is 13.0 Å². The normalized spacial score (nSPS) is 18.0. The maximum absolute atomic E-state index is 11.1. The van der Waals surface area contributed by atoms with Gasteiger partial charge in [-0.05, 0) is 31.0 Å². The van der Waals surface area contributed by atoms with Gasteiger partial charge in [0, 0.05) is 43.9 Å². The topological polar surface area (TPSA) is 87.7 Å². The summed E-state index contributed by atoms with van der Waals surface area (Å²) >= 11 is 0. The Morgan fingerprint density at radius 1 is 1.13 bits per heavy atom. The van der Waals surface area contributed by atoms with Crippen LogP contribution in [0, 0.1) is 0 Å². The third-order valence-electron chi connectivity index (χ3n) is 6.14. The first-order valence-corrected chi connectivity index (χ1v) is 11.2. The Kier molecular flexibility index (Phi) is 6.85. The summed E-state index contributed by atoms with van der Waals surface area (Å²) in [6.07, 6.45) is 3.84. The monoisotopic (exact) mass is 423 g/mol. The summed E-state index contributed by atoms with van der Waals surface area (Å²) in [7, 11) is 2.17. The molecular formula is C24H33N5O2. The molecule has 2 heterocycles. The van der Waals surface area contributed by atoms with Crippen LogP contribution in [0.5, 0.6) is 6.01 Å². The molecule has 1 unspecified atom stereocenters. The number of nitrogen functional groups attached to an aromatic ring is 1. The molecule has 0 spiro atoms. The van der Waals surface area contributed by atoms with Crippen LogP contribution in [0.4, 0.5) is 5.82 Å². The fraction of sp³-hybridized carbons (Fsp3) is 0.500. The van der Waals surface area contributed by atoms with E-state index in [4.69, 9.17) is 10.5 Å². The molecule has 166 valence electrons. The number of benzene rings is 1. The average molecular weight is 424 g/mol. The van der Waals surface area contributed by atoms with E-state index >= 15 is 0 Å². The van der Waals surface area contributed by atoms with Gasteiger partial charge in [-0.3, -0.25) is 4.90 Å². The highest BCUT2D eigenvalue weighted by molar-refractivity contribution is 5.77. The molecule has 1 fully saturated rings. The van der Waals surface area contributed by atoms with Gasteiger partial charge in [0.05, 0.1) is 12.3 Å². The van der Waals surface area contributed by atoms with Crippen molar-refractivity contribution in [3.8, 4) is 6.01 Å². The molecule has 0 saturated carbocycles. The highest BCUT2D eigenvalue weighted by Gasteiger charge is 2.27. The first kappa shape index (κ1) is 21.7. The molecule has 2 aromatic rings. The van der Waals surface area contributed by atoms with Crippen LogP contribution >= 0.6 is 0 Å². The molecule has 0 amide bonds. The largest absolute Gasteiger partial charge is 0.463 e. The SMILES string of the molecule is CCCCOc1nc(N)c2c(n1)C(C(O)c1ccc(CN3CCN(C)CC3)cc1)=CC2. The molecule has 1 aromatic heterocycles. The van der Waals surface area contributed by atoms with Gasteiger partial charge in [0.1, 0.15) is 11.9 Å². The van der Waals surface area contributed by atoms with Gasteiger partial charge in [0.2, 0.25) is 0 Å². The van der Waals surface area contributed by atoms with E-state index in [1.54, 1.807) is 0 Å². The van der Waals surface area contributed by atoms with Crippen LogP contribution in [0.25, 0.3) is 5.57 Å². The number of hydrogen-bond donors (Lipinski definition) is 2. The summed E-state index contributed by atoms with van der Waals surface area (Å²) in [6.45, 7) is 8.01. The van der Waals surface area contributed by atoms with E-state index in [0.717, 1.165) is 62.3 Å². The molecule has 0 bridgehead atoms. The standard InChI is InChI=1S/C24H33N5O2/c1-3-4-15-31-24-26-21-19(9-10-20(21)23(25)27-24)22(30)18-7-5-17(6-8-18)16-29-13-11-28(2)12-14-29/h5-9,22,30H,3-4,10-16H2,1-2H3,(H2,25,26,27).